The van der Waals surface area contributed by atoms with E-state index in [1.807, 2.05) is 0 Å². The van der Waals surface area contributed by atoms with Crippen LogP contribution in [0, 0.1) is 11.6 Å². The Bertz CT molecular complexity index is 1100. The Balaban J connectivity index is 1.86. The standard InChI is InChI=1S/C20H14F5N3O2S/c21-14-3-11(4-15(22)7-14)5-19(29)28-16-1-2-17(18(8-16)31(26)30)12-6-13(10-27-9-12)20(23,24)25/h1-4,6-10H,5,26H2,(H,28,29). The number of nitrogens with two attached hydrogens (primary N) is 1. The van der Waals surface area contributed by atoms with Crippen molar-refractivity contribution in [2.24, 2.45) is 5.14 Å². The summed E-state index contributed by atoms with van der Waals surface area (Å²) in [6, 6.07) is 7.49. The molecule has 0 bridgehead atoms. The van der Waals surface area contributed by atoms with Gasteiger partial charge in [0.2, 0.25) is 5.91 Å². The SMILES string of the molecule is N[S+]([O-])c1cc(NC(=O)Cc2cc(F)cc(F)c2)ccc1-c1cncc(C(F)(F)F)c1. The average Bonchev–Trinajstić information content (AvgIpc) is 2.66. The van der Waals surface area contributed by atoms with Gasteiger partial charge in [0.1, 0.15) is 11.6 Å². The van der Waals surface area contributed by atoms with Crippen LogP contribution in [0.25, 0.3) is 11.1 Å². The second-order valence-corrected chi connectivity index (χ2v) is 7.51. The Morgan fingerprint density at radius 2 is 1.74 bits per heavy atom. The lowest BCUT2D eigenvalue weighted by Gasteiger charge is -2.13. The van der Waals surface area contributed by atoms with Crippen molar-refractivity contribution in [3.8, 4) is 11.1 Å². The predicted octanol–water partition coefficient (Wildman–Crippen LogP) is 4.21. The van der Waals surface area contributed by atoms with Crippen LogP contribution in [0.1, 0.15) is 11.1 Å². The van der Waals surface area contributed by atoms with E-state index in [1.165, 1.54) is 18.2 Å². The number of amides is 1. The minimum Gasteiger partial charge on any atom is -0.593 e. The number of anilines is 1. The topological polar surface area (TPSA) is 91.1 Å². The third-order valence-corrected chi connectivity index (χ3v) is 4.92. The van der Waals surface area contributed by atoms with Gasteiger partial charge in [-0.05, 0) is 35.9 Å². The smallest absolute Gasteiger partial charge is 0.417 e. The van der Waals surface area contributed by atoms with Crippen LogP contribution in [0.4, 0.5) is 27.6 Å². The molecule has 2 aromatic carbocycles. The van der Waals surface area contributed by atoms with Crippen LogP contribution in [0.5, 0.6) is 0 Å². The molecule has 1 aromatic heterocycles. The summed E-state index contributed by atoms with van der Waals surface area (Å²) in [5, 5.41) is 7.94. The quantitative estimate of drug-likeness (QED) is 0.446. The lowest BCUT2D eigenvalue weighted by molar-refractivity contribution is -0.137. The number of alkyl halides is 3. The van der Waals surface area contributed by atoms with Gasteiger partial charge in [-0.25, -0.2) is 8.78 Å². The maximum absolute atomic E-state index is 13.3. The molecule has 31 heavy (non-hydrogen) atoms. The van der Waals surface area contributed by atoms with Gasteiger partial charge in [0.05, 0.1) is 23.3 Å². The zero-order chi connectivity index (χ0) is 22.8. The number of nitrogens with one attached hydrogen (secondary N) is 1. The highest BCUT2D eigenvalue weighted by molar-refractivity contribution is 7.89. The first-order chi connectivity index (χ1) is 14.5. The Kier molecular flexibility index (Phi) is 6.58. The van der Waals surface area contributed by atoms with Crippen LogP contribution in [-0.2, 0) is 28.8 Å². The number of carbonyl (C=O) groups is 1. The van der Waals surface area contributed by atoms with Crippen molar-refractivity contribution in [1.82, 2.24) is 4.98 Å². The molecule has 0 radical (unpaired) electrons. The molecule has 0 saturated carbocycles. The highest BCUT2D eigenvalue weighted by Crippen LogP contribution is 2.34. The van der Waals surface area contributed by atoms with Crippen LogP contribution < -0.4 is 10.5 Å². The van der Waals surface area contributed by atoms with E-state index >= 15 is 0 Å². The summed E-state index contributed by atoms with van der Waals surface area (Å²) in [5.41, 5.74) is -0.552. The highest BCUT2D eigenvalue weighted by Gasteiger charge is 2.31. The van der Waals surface area contributed by atoms with Crippen molar-refractivity contribution in [3.63, 3.8) is 0 Å². The summed E-state index contributed by atoms with van der Waals surface area (Å²) in [6.07, 6.45) is -3.13. The third kappa shape index (κ3) is 5.78. The molecule has 162 valence electrons. The maximum Gasteiger partial charge on any atom is 0.417 e. The van der Waals surface area contributed by atoms with E-state index in [2.05, 4.69) is 10.3 Å². The van der Waals surface area contributed by atoms with Crippen molar-refractivity contribution in [2.75, 3.05) is 5.32 Å². The van der Waals surface area contributed by atoms with Crippen molar-refractivity contribution in [2.45, 2.75) is 17.5 Å². The monoisotopic (exact) mass is 455 g/mol. The zero-order valence-corrected chi connectivity index (χ0v) is 16.4. The third-order valence-electron chi connectivity index (χ3n) is 4.15. The molecular weight excluding hydrogens is 441 g/mol. The molecular formula is C20H14F5N3O2S. The number of halogens is 5. The Morgan fingerprint density at radius 3 is 2.35 bits per heavy atom. The number of nitrogens with zero attached hydrogens (tertiary/aromatic N) is 1. The fourth-order valence-corrected chi connectivity index (χ4v) is 3.50. The molecule has 0 aliphatic rings. The molecule has 1 amide bonds. The summed E-state index contributed by atoms with van der Waals surface area (Å²) >= 11 is -2.10. The molecule has 0 fully saturated rings. The lowest BCUT2D eigenvalue weighted by Crippen LogP contribution is -2.17. The number of aromatic nitrogens is 1. The van der Waals surface area contributed by atoms with Crippen LogP contribution >= 0.6 is 0 Å². The Labute approximate surface area is 176 Å². The average molecular weight is 455 g/mol. The van der Waals surface area contributed by atoms with E-state index in [0.717, 1.165) is 24.4 Å². The zero-order valence-electron chi connectivity index (χ0n) is 15.5. The predicted molar refractivity (Wildman–Crippen MR) is 104 cm³/mol. The van der Waals surface area contributed by atoms with Gasteiger partial charge in [0.25, 0.3) is 0 Å². The minimum absolute atomic E-state index is 0.0317. The van der Waals surface area contributed by atoms with Gasteiger partial charge < -0.3 is 9.87 Å². The Hall–Kier alpha value is -3.02. The second-order valence-electron chi connectivity index (χ2n) is 6.47. The van der Waals surface area contributed by atoms with E-state index in [4.69, 9.17) is 5.14 Å². The van der Waals surface area contributed by atoms with E-state index < -0.39 is 40.6 Å². The maximum atomic E-state index is 13.3. The number of pyridine rings is 1. The van der Waals surface area contributed by atoms with Crippen molar-refractivity contribution in [3.05, 3.63) is 77.6 Å². The molecule has 0 aliphatic carbocycles. The first-order valence-electron chi connectivity index (χ1n) is 8.60. The second kappa shape index (κ2) is 9.00. The molecule has 0 saturated heterocycles. The molecule has 0 aliphatic heterocycles. The fourth-order valence-electron chi connectivity index (χ4n) is 2.85. The summed E-state index contributed by atoms with van der Waals surface area (Å²) in [7, 11) is 0. The fraction of sp³-hybridized carbons (Fsp3) is 0.100. The van der Waals surface area contributed by atoms with Gasteiger partial charge in [-0.15, -0.1) is 5.14 Å². The van der Waals surface area contributed by atoms with E-state index in [1.54, 1.807) is 0 Å². The van der Waals surface area contributed by atoms with Crippen LogP contribution in [-0.4, -0.2) is 15.4 Å². The van der Waals surface area contributed by atoms with Gasteiger partial charge >= 0.3 is 6.18 Å². The largest absolute Gasteiger partial charge is 0.593 e. The van der Waals surface area contributed by atoms with Crippen molar-refractivity contribution >= 4 is 23.0 Å². The van der Waals surface area contributed by atoms with Gasteiger partial charge in [-0.3, -0.25) is 9.78 Å². The molecule has 1 unspecified atom stereocenters. The van der Waals surface area contributed by atoms with Gasteiger partial charge in [-0.1, -0.05) is 0 Å². The number of carbonyl (C=O) groups excluding carboxylic acids is 1. The van der Waals surface area contributed by atoms with Crippen LogP contribution in [0.2, 0.25) is 0 Å². The molecule has 3 rings (SSSR count). The first kappa shape index (κ1) is 22.7. The number of rotatable bonds is 5. The number of hydrogen-bond donors (Lipinski definition) is 2. The molecule has 0 spiro atoms. The van der Waals surface area contributed by atoms with E-state index in [-0.39, 0.29) is 33.7 Å². The first-order valence-corrected chi connectivity index (χ1v) is 9.82. The van der Waals surface area contributed by atoms with Crippen molar-refractivity contribution in [1.29, 1.82) is 0 Å². The normalized spacial score (nSPS) is 12.5. The minimum atomic E-state index is -4.62. The molecule has 1 heterocycles. The van der Waals surface area contributed by atoms with E-state index in [9.17, 15) is 31.3 Å². The van der Waals surface area contributed by atoms with Gasteiger partial charge in [0.15, 0.2) is 4.90 Å². The van der Waals surface area contributed by atoms with Gasteiger partial charge in [0, 0.05) is 41.3 Å². The Morgan fingerprint density at radius 1 is 1.06 bits per heavy atom. The lowest BCUT2D eigenvalue weighted by atomic mass is 10.0. The highest BCUT2D eigenvalue weighted by atomic mass is 32.2. The van der Waals surface area contributed by atoms with Crippen LogP contribution in [0.15, 0.2) is 59.8 Å². The summed E-state index contributed by atoms with van der Waals surface area (Å²) in [6.45, 7) is 0. The summed E-state index contributed by atoms with van der Waals surface area (Å²) in [4.78, 5) is 15.7. The van der Waals surface area contributed by atoms with E-state index in [0.29, 0.717) is 12.3 Å². The molecule has 3 aromatic rings. The van der Waals surface area contributed by atoms with Crippen molar-refractivity contribution < 1.29 is 31.3 Å². The number of hydrogen-bond acceptors (Lipinski definition) is 4. The molecule has 5 nitrogen and oxygen atoms in total. The summed E-state index contributed by atoms with van der Waals surface area (Å²) < 4.78 is 77.4. The molecule has 11 heteroatoms. The number of benzene rings is 2. The van der Waals surface area contributed by atoms with Crippen LogP contribution in [0.3, 0.4) is 0 Å². The molecule has 1 atom stereocenters. The molecule has 3 N–H and O–H groups in total. The summed E-state index contributed by atoms with van der Waals surface area (Å²) in [5.74, 6) is -2.28. The van der Waals surface area contributed by atoms with Gasteiger partial charge in [-0.2, -0.15) is 13.2 Å².